The van der Waals surface area contributed by atoms with Crippen molar-refractivity contribution in [2.45, 2.75) is 64.2 Å². The Morgan fingerprint density at radius 1 is 1.11 bits per heavy atom. The van der Waals surface area contributed by atoms with E-state index in [4.69, 9.17) is 0 Å². The summed E-state index contributed by atoms with van der Waals surface area (Å²) in [5, 5.41) is 5.85. The van der Waals surface area contributed by atoms with Gasteiger partial charge in [0.05, 0.1) is 12.5 Å². The van der Waals surface area contributed by atoms with E-state index in [1.165, 1.54) is 0 Å². The Balaban J connectivity index is 2.25. The highest BCUT2D eigenvalue weighted by atomic mass is 19.4. The molecule has 1 amide bonds. The van der Waals surface area contributed by atoms with Gasteiger partial charge < -0.3 is 10.6 Å². The molecule has 1 rings (SSSR count). The van der Waals surface area contributed by atoms with Crippen LogP contribution in [0.3, 0.4) is 0 Å². The van der Waals surface area contributed by atoms with E-state index in [-0.39, 0.29) is 36.9 Å². The molecule has 3 nitrogen and oxygen atoms in total. The number of carbonyl (C=O) groups excluding carboxylic acids is 1. The van der Waals surface area contributed by atoms with Crippen molar-refractivity contribution in [3.05, 3.63) is 0 Å². The molecule has 0 aliphatic heterocycles. The molecule has 0 bridgehead atoms. The summed E-state index contributed by atoms with van der Waals surface area (Å²) in [5.41, 5.74) is -0.285. The van der Waals surface area contributed by atoms with Crippen molar-refractivity contribution < 1.29 is 18.0 Å². The van der Waals surface area contributed by atoms with Crippen LogP contribution in [0.4, 0.5) is 13.2 Å². The van der Waals surface area contributed by atoms with Crippen LogP contribution >= 0.6 is 0 Å². The Labute approximate surface area is 112 Å². The molecule has 0 heterocycles. The lowest BCUT2D eigenvalue weighted by molar-refractivity contribution is -0.182. The summed E-state index contributed by atoms with van der Waals surface area (Å²) in [7, 11) is 0. The molecule has 0 atom stereocenters. The number of amides is 1. The van der Waals surface area contributed by atoms with E-state index in [1.807, 2.05) is 20.8 Å². The number of hydrogen-bond donors (Lipinski definition) is 2. The molecule has 6 heteroatoms. The van der Waals surface area contributed by atoms with Crippen LogP contribution in [0.2, 0.25) is 0 Å². The molecule has 1 aliphatic carbocycles. The van der Waals surface area contributed by atoms with Crippen LogP contribution < -0.4 is 10.6 Å². The summed E-state index contributed by atoms with van der Waals surface area (Å²) in [6.45, 7) is 5.83. The summed E-state index contributed by atoms with van der Waals surface area (Å²) in [6.07, 6.45) is -2.81. The lowest BCUT2D eigenvalue weighted by atomic mass is 9.85. The van der Waals surface area contributed by atoms with Crippen LogP contribution in [0.1, 0.15) is 46.5 Å². The second-order valence-corrected chi connectivity index (χ2v) is 6.27. The first-order valence-corrected chi connectivity index (χ1v) is 6.69. The van der Waals surface area contributed by atoms with E-state index in [0.29, 0.717) is 12.8 Å². The third kappa shape index (κ3) is 6.27. The van der Waals surface area contributed by atoms with Gasteiger partial charge in [0.1, 0.15) is 0 Å². The number of rotatable bonds is 3. The topological polar surface area (TPSA) is 41.1 Å². The van der Waals surface area contributed by atoms with Gasteiger partial charge in [-0.15, -0.1) is 0 Å². The number of carbonyl (C=O) groups is 1. The molecule has 0 spiro atoms. The fourth-order valence-corrected chi connectivity index (χ4v) is 2.32. The van der Waals surface area contributed by atoms with Gasteiger partial charge in [0.2, 0.25) is 5.91 Å². The summed E-state index contributed by atoms with van der Waals surface area (Å²) in [4.78, 5) is 11.6. The predicted octanol–water partition coefficient (Wildman–Crippen LogP) is 2.61. The van der Waals surface area contributed by atoms with Crippen LogP contribution in [0, 0.1) is 5.92 Å². The number of halogens is 3. The summed E-state index contributed by atoms with van der Waals surface area (Å²) in [5.74, 6) is -1.29. The molecule has 0 aromatic carbocycles. The molecular weight excluding hydrogens is 257 g/mol. The molecule has 0 aromatic rings. The highest BCUT2D eigenvalue weighted by Gasteiger charge is 2.41. The second-order valence-electron chi connectivity index (χ2n) is 6.27. The molecular formula is C13H23F3N2O. The summed E-state index contributed by atoms with van der Waals surface area (Å²) >= 11 is 0. The van der Waals surface area contributed by atoms with Crippen molar-refractivity contribution in [1.82, 2.24) is 10.6 Å². The molecule has 0 radical (unpaired) electrons. The second kappa shape index (κ2) is 6.11. The average Bonchev–Trinajstić information content (AvgIpc) is 2.23. The third-order valence-electron chi connectivity index (χ3n) is 3.26. The molecule has 19 heavy (non-hydrogen) atoms. The maximum absolute atomic E-state index is 12.5. The minimum absolute atomic E-state index is 0.0179. The van der Waals surface area contributed by atoms with Crippen molar-refractivity contribution in [3.63, 3.8) is 0 Å². The van der Waals surface area contributed by atoms with Gasteiger partial charge in [0, 0.05) is 11.6 Å². The Bertz CT molecular complexity index is 302. The molecule has 2 N–H and O–H groups in total. The average molecular weight is 280 g/mol. The Kier molecular flexibility index (Phi) is 5.24. The van der Waals surface area contributed by atoms with Gasteiger partial charge in [-0.1, -0.05) is 0 Å². The van der Waals surface area contributed by atoms with Gasteiger partial charge in [-0.25, -0.2) is 0 Å². The predicted molar refractivity (Wildman–Crippen MR) is 67.7 cm³/mol. The van der Waals surface area contributed by atoms with E-state index in [2.05, 4.69) is 10.6 Å². The molecule has 1 aliphatic rings. The molecule has 1 saturated carbocycles. The van der Waals surface area contributed by atoms with Crippen LogP contribution in [0.15, 0.2) is 0 Å². The zero-order valence-corrected chi connectivity index (χ0v) is 11.7. The smallest absolute Gasteiger partial charge is 0.350 e. The van der Waals surface area contributed by atoms with Gasteiger partial charge in [-0.05, 0) is 46.5 Å². The van der Waals surface area contributed by atoms with Gasteiger partial charge in [-0.3, -0.25) is 4.79 Å². The maximum Gasteiger partial charge on any atom is 0.391 e. The normalized spacial score (nSPS) is 25.2. The van der Waals surface area contributed by atoms with Crippen LogP contribution in [-0.4, -0.2) is 30.2 Å². The largest absolute Gasteiger partial charge is 0.391 e. The monoisotopic (exact) mass is 280 g/mol. The summed E-state index contributed by atoms with van der Waals surface area (Å²) in [6, 6.07) is 0.0179. The van der Waals surface area contributed by atoms with E-state index < -0.39 is 12.1 Å². The lowest BCUT2D eigenvalue weighted by Gasteiger charge is -2.30. The fraction of sp³-hybridized carbons (Fsp3) is 0.923. The first kappa shape index (κ1) is 16.3. The Morgan fingerprint density at radius 2 is 1.63 bits per heavy atom. The maximum atomic E-state index is 12.5. The molecule has 1 fully saturated rings. The van der Waals surface area contributed by atoms with Gasteiger partial charge >= 0.3 is 6.18 Å². The van der Waals surface area contributed by atoms with Gasteiger partial charge in [0.15, 0.2) is 0 Å². The minimum atomic E-state index is -4.07. The van der Waals surface area contributed by atoms with Crippen molar-refractivity contribution in [1.29, 1.82) is 0 Å². The fourth-order valence-electron chi connectivity index (χ4n) is 2.32. The zero-order valence-electron chi connectivity index (χ0n) is 11.7. The van der Waals surface area contributed by atoms with E-state index in [0.717, 1.165) is 0 Å². The van der Waals surface area contributed by atoms with E-state index in [1.54, 1.807) is 0 Å². The van der Waals surface area contributed by atoms with Crippen molar-refractivity contribution in [2.75, 3.05) is 6.54 Å². The zero-order chi connectivity index (χ0) is 14.7. The number of nitrogens with one attached hydrogen (secondary N) is 2. The van der Waals surface area contributed by atoms with Crippen LogP contribution in [0.25, 0.3) is 0 Å². The number of alkyl halides is 3. The molecule has 0 unspecified atom stereocenters. The van der Waals surface area contributed by atoms with Gasteiger partial charge in [-0.2, -0.15) is 13.2 Å². The summed E-state index contributed by atoms with van der Waals surface area (Å²) < 4.78 is 37.5. The van der Waals surface area contributed by atoms with Crippen LogP contribution in [0.5, 0.6) is 0 Å². The Morgan fingerprint density at radius 3 is 2.05 bits per heavy atom. The highest BCUT2D eigenvalue weighted by molar-refractivity contribution is 5.78. The number of hydrogen-bond acceptors (Lipinski definition) is 2. The molecule has 0 aromatic heterocycles. The molecule has 112 valence electrons. The van der Waals surface area contributed by atoms with E-state index in [9.17, 15) is 18.0 Å². The van der Waals surface area contributed by atoms with Crippen molar-refractivity contribution in [3.8, 4) is 0 Å². The van der Waals surface area contributed by atoms with Crippen molar-refractivity contribution in [2.24, 2.45) is 5.92 Å². The highest BCUT2D eigenvalue weighted by Crippen LogP contribution is 2.37. The van der Waals surface area contributed by atoms with E-state index >= 15 is 0 Å². The first-order valence-electron chi connectivity index (χ1n) is 6.69. The quantitative estimate of drug-likeness (QED) is 0.834. The Hall–Kier alpha value is -0.780. The molecule has 0 saturated heterocycles. The lowest BCUT2D eigenvalue weighted by Crippen LogP contribution is -2.47. The first-order chi connectivity index (χ1) is 8.58. The SMILES string of the molecule is CC(C)(C)NC(=O)CNC1CCC(C(F)(F)F)CC1. The van der Waals surface area contributed by atoms with Crippen LogP contribution in [-0.2, 0) is 4.79 Å². The third-order valence-corrected chi connectivity index (χ3v) is 3.26. The standard InChI is InChI=1S/C13H23F3N2O/c1-12(2,3)18-11(19)8-17-10-6-4-9(5-7-10)13(14,15)16/h9-10,17H,4-8H2,1-3H3,(H,18,19). The minimum Gasteiger partial charge on any atom is -0.350 e. The van der Waals surface area contributed by atoms with Gasteiger partial charge in [0.25, 0.3) is 0 Å². The van der Waals surface area contributed by atoms with Crippen molar-refractivity contribution >= 4 is 5.91 Å².